The Balaban J connectivity index is 1.90. The van der Waals surface area contributed by atoms with Gasteiger partial charge < -0.3 is 20.5 Å². The van der Waals surface area contributed by atoms with E-state index >= 15 is 0 Å². The topological polar surface area (TPSA) is 75.8 Å². The molecule has 1 amide bonds. The van der Waals surface area contributed by atoms with Crippen LogP contribution in [-0.2, 0) is 0 Å². The number of nitrogen functional groups attached to an aromatic ring is 1. The minimum absolute atomic E-state index is 0.296. The molecule has 1 aromatic carbocycles. The first kappa shape index (κ1) is 11.7. The monoisotopic (exact) mass is 236 g/mol. The maximum atomic E-state index is 11.7. The SMILES string of the molecule is Nc1ccc(OC(=O)N2CCC(O)CC2)cc1. The van der Waals surface area contributed by atoms with Crippen LogP contribution in [0.5, 0.6) is 5.75 Å². The number of hydrogen-bond acceptors (Lipinski definition) is 4. The molecular formula is C12H16N2O3. The second-order valence-electron chi connectivity index (χ2n) is 4.16. The minimum Gasteiger partial charge on any atom is -0.410 e. The predicted molar refractivity (Wildman–Crippen MR) is 63.7 cm³/mol. The van der Waals surface area contributed by atoms with E-state index in [-0.39, 0.29) is 12.2 Å². The molecule has 0 bridgehead atoms. The standard InChI is InChI=1S/C12H16N2O3/c13-9-1-3-11(4-2-9)17-12(16)14-7-5-10(15)6-8-14/h1-4,10,15H,5-8,13H2. The van der Waals surface area contributed by atoms with Crippen LogP contribution in [0.15, 0.2) is 24.3 Å². The normalized spacial score (nSPS) is 16.9. The van der Waals surface area contributed by atoms with Crippen LogP contribution in [0.2, 0.25) is 0 Å². The summed E-state index contributed by atoms with van der Waals surface area (Å²) in [6, 6.07) is 6.68. The second-order valence-corrected chi connectivity index (χ2v) is 4.16. The fourth-order valence-electron chi connectivity index (χ4n) is 1.75. The molecule has 0 aliphatic carbocycles. The number of carbonyl (C=O) groups excluding carboxylic acids is 1. The molecule has 1 heterocycles. The lowest BCUT2D eigenvalue weighted by Gasteiger charge is -2.28. The van der Waals surface area contributed by atoms with E-state index in [0.29, 0.717) is 37.4 Å². The number of likely N-dealkylation sites (tertiary alicyclic amines) is 1. The molecule has 0 atom stereocenters. The van der Waals surface area contributed by atoms with Gasteiger partial charge in [0, 0.05) is 18.8 Å². The molecule has 17 heavy (non-hydrogen) atoms. The zero-order valence-electron chi connectivity index (χ0n) is 9.50. The van der Waals surface area contributed by atoms with Crippen LogP contribution in [0.4, 0.5) is 10.5 Å². The second kappa shape index (κ2) is 5.05. The lowest BCUT2D eigenvalue weighted by molar-refractivity contribution is 0.0798. The molecule has 5 nitrogen and oxygen atoms in total. The molecule has 2 rings (SSSR count). The number of nitrogens with zero attached hydrogens (tertiary/aromatic N) is 1. The van der Waals surface area contributed by atoms with Crippen molar-refractivity contribution in [1.29, 1.82) is 0 Å². The number of amides is 1. The number of rotatable bonds is 1. The number of hydrogen-bond donors (Lipinski definition) is 2. The van der Waals surface area contributed by atoms with Gasteiger partial charge in [-0.2, -0.15) is 0 Å². The van der Waals surface area contributed by atoms with Crippen molar-refractivity contribution in [3.05, 3.63) is 24.3 Å². The van der Waals surface area contributed by atoms with Crippen LogP contribution in [0, 0.1) is 0 Å². The fourth-order valence-corrected chi connectivity index (χ4v) is 1.75. The molecule has 0 aromatic heterocycles. The summed E-state index contributed by atoms with van der Waals surface area (Å²) in [6.45, 7) is 1.07. The molecule has 1 fully saturated rings. The Morgan fingerprint density at radius 3 is 2.47 bits per heavy atom. The van der Waals surface area contributed by atoms with Gasteiger partial charge >= 0.3 is 6.09 Å². The Labute approximate surface area is 99.8 Å². The number of anilines is 1. The summed E-state index contributed by atoms with van der Waals surface area (Å²) in [5, 5.41) is 9.34. The molecule has 1 aliphatic heterocycles. The van der Waals surface area contributed by atoms with Crippen LogP contribution >= 0.6 is 0 Å². The lowest BCUT2D eigenvalue weighted by atomic mass is 10.1. The highest BCUT2D eigenvalue weighted by Crippen LogP contribution is 2.16. The molecule has 0 saturated carbocycles. The quantitative estimate of drug-likeness (QED) is 0.719. The summed E-state index contributed by atoms with van der Waals surface area (Å²) in [6.07, 6.45) is 0.547. The smallest absolute Gasteiger partial charge is 0.410 e. The van der Waals surface area contributed by atoms with Gasteiger partial charge in [-0.25, -0.2) is 4.79 Å². The van der Waals surface area contributed by atoms with Crippen molar-refractivity contribution in [3.63, 3.8) is 0 Å². The van der Waals surface area contributed by atoms with Gasteiger partial charge in [0.15, 0.2) is 0 Å². The van der Waals surface area contributed by atoms with Crippen LogP contribution in [0.1, 0.15) is 12.8 Å². The molecule has 0 unspecified atom stereocenters. The number of aliphatic hydroxyl groups excluding tert-OH is 1. The van der Waals surface area contributed by atoms with Gasteiger partial charge in [0.2, 0.25) is 0 Å². The van der Waals surface area contributed by atoms with E-state index in [2.05, 4.69) is 0 Å². The highest BCUT2D eigenvalue weighted by atomic mass is 16.6. The van der Waals surface area contributed by atoms with Gasteiger partial charge in [0.05, 0.1) is 6.10 Å². The first-order valence-corrected chi connectivity index (χ1v) is 5.65. The van der Waals surface area contributed by atoms with Crippen molar-refractivity contribution < 1.29 is 14.6 Å². The van der Waals surface area contributed by atoms with Gasteiger partial charge in [-0.3, -0.25) is 0 Å². The molecule has 92 valence electrons. The maximum absolute atomic E-state index is 11.7. The van der Waals surface area contributed by atoms with Gasteiger partial charge in [-0.05, 0) is 37.1 Å². The summed E-state index contributed by atoms with van der Waals surface area (Å²) >= 11 is 0. The molecule has 0 radical (unpaired) electrons. The van der Waals surface area contributed by atoms with Crippen molar-refractivity contribution in [3.8, 4) is 5.75 Å². The highest BCUT2D eigenvalue weighted by Gasteiger charge is 2.22. The van der Waals surface area contributed by atoms with E-state index in [1.165, 1.54) is 0 Å². The van der Waals surface area contributed by atoms with E-state index in [1.54, 1.807) is 29.2 Å². The van der Waals surface area contributed by atoms with E-state index in [9.17, 15) is 9.90 Å². The minimum atomic E-state index is -0.373. The first-order chi connectivity index (χ1) is 8.15. The number of piperidine rings is 1. The molecule has 1 saturated heterocycles. The van der Waals surface area contributed by atoms with Crippen molar-refractivity contribution >= 4 is 11.8 Å². The molecule has 5 heteroatoms. The van der Waals surface area contributed by atoms with E-state index < -0.39 is 0 Å². The summed E-state index contributed by atoms with van der Waals surface area (Å²) in [5.41, 5.74) is 6.17. The number of carbonyl (C=O) groups is 1. The summed E-state index contributed by atoms with van der Waals surface area (Å²) in [4.78, 5) is 13.4. The largest absolute Gasteiger partial charge is 0.415 e. The van der Waals surface area contributed by atoms with Crippen molar-refractivity contribution in [1.82, 2.24) is 4.90 Å². The van der Waals surface area contributed by atoms with Gasteiger partial charge in [-0.1, -0.05) is 0 Å². The Morgan fingerprint density at radius 1 is 1.29 bits per heavy atom. The van der Waals surface area contributed by atoms with Crippen LogP contribution in [0.25, 0.3) is 0 Å². The number of benzene rings is 1. The average Bonchev–Trinajstić information content (AvgIpc) is 2.33. The maximum Gasteiger partial charge on any atom is 0.415 e. The van der Waals surface area contributed by atoms with Crippen LogP contribution in [0.3, 0.4) is 0 Å². The number of nitrogens with two attached hydrogens (primary N) is 1. The third kappa shape index (κ3) is 3.10. The van der Waals surface area contributed by atoms with E-state index in [0.717, 1.165) is 0 Å². The Kier molecular flexibility index (Phi) is 3.49. The molecule has 1 aromatic rings. The van der Waals surface area contributed by atoms with Crippen LogP contribution in [-0.4, -0.2) is 35.3 Å². The van der Waals surface area contributed by atoms with Gasteiger partial charge in [-0.15, -0.1) is 0 Å². The Bertz CT molecular complexity index is 383. The molecule has 0 spiro atoms. The molecule has 1 aliphatic rings. The number of ether oxygens (including phenoxy) is 1. The zero-order valence-corrected chi connectivity index (χ0v) is 9.50. The lowest BCUT2D eigenvalue weighted by Crippen LogP contribution is -2.41. The third-order valence-electron chi connectivity index (χ3n) is 2.81. The van der Waals surface area contributed by atoms with Crippen molar-refractivity contribution in [2.75, 3.05) is 18.8 Å². The van der Waals surface area contributed by atoms with E-state index in [1.807, 2.05) is 0 Å². The Morgan fingerprint density at radius 2 is 1.88 bits per heavy atom. The molecule has 3 N–H and O–H groups in total. The zero-order chi connectivity index (χ0) is 12.3. The summed E-state index contributed by atoms with van der Waals surface area (Å²) < 4.78 is 5.19. The van der Waals surface area contributed by atoms with Crippen LogP contribution < -0.4 is 10.5 Å². The molecular weight excluding hydrogens is 220 g/mol. The fraction of sp³-hybridized carbons (Fsp3) is 0.417. The highest BCUT2D eigenvalue weighted by molar-refractivity contribution is 5.71. The average molecular weight is 236 g/mol. The number of aliphatic hydroxyl groups is 1. The summed E-state index contributed by atoms with van der Waals surface area (Å²) in [7, 11) is 0. The van der Waals surface area contributed by atoms with Gasteiger partial charge in [0.1, 0.15) is 5.75 Å². The first-order valence-electron chi connectivity index (χ1n) is 5.65. The third-order valence-corrected chi connectivity index (χ3v) is 2.81. The van der Waals surface area contributed by atoms with E-state index in [4.69, 9.17) is 10.5 Å². The Hall–Kier alpha value is -1.75. The summed E-state index contributed by atoms with van der Waals surface area (Å²) in [5.74, 6) is 0.482. The van der Waals surface area contributed by atoms with Crippen molar-refractivity contribution in [2.24, 2.45) is 0 Å². The predicted octanol–water partition coefficient (Wildman–Crippen LogP) is 1.22. The van der Waals surface area contributed by atoms with Crippen molar-refractivity contribution in [2.45, 2.75) is 18.9 Å². The van der Waals surface area contributed by atoms with Gasteiger partial charge in [0.25, 0.3) is 0 Å².